The molecule has 1 aliphatic rings. The molecule has 2 aromatic rings. The van der Waals surface area contributed by atoms with E-state index in [1.54, 1.807) is 24.3 Å². The van der Waals surface area contributed by atoms with Crippen LogP contribution in [0.15, 0.2) is 53.6 Å². The normalized spacial score (nSPS) is 23.3. The first-order valence-corrected chi connectivity index (χ1v) is 7.93. The van der Waals surface area contributed by atoms with Gasteiger partial charge in [0.05, 0.1) is 24.9 Å². The van der Waals surface area contributed by atoms with Crippen molar-refractivity contribution < 1.29 is 18.6 Å². The summed E-state index contributed by atoms with van der Waals surface area (Å²) in [5, 5.41) is 13.8. The third-order valence-corrected chi connectivity index (χ3v) is 4.43. The Morgan fingerprint density at radius 1 is 1.04 bits per heavy atom. The third-order valence-electron chi connectivity index (χ3n) is 4.43. The average Bonchev–Trinajstić information content (AvgIpc) is 2.61. The van der Waals surface area contributed by atoms with Crippen LogP contribution >= 0.6 is 0 Å². The first-order valence-electron chi connectivity index (χ1n) is 7.93. The summed E-state index contributed by atoms with van der Waals surface area (Å²) in [7, 11) is 0. The first kappa shape index (κ1) is 17.4. The standard InChI is InChI=1S/C18H17F2N3O2/c19-13-5-1-11(2-6-13)18(12-3-7-14(20)8-4-12)17-9-16(24)15(10-25-17)22-23-21/h1-8,15-18,24H,9-10H2/t15-,16+,17+/m1/s1. The largest absolute Gasteiger partial charge is 0.393 e. The Labute approximate surface area is 143 Å². The molecule has 0 spiro atoms. The smallest absolute Gasteiger partial charge is 0.123 e. The predicted octanol–water partition coefficient (Wildman–Crippen LogP) is 3.93. The molecule has 0 saturated carbocycles. The molecule has 1 aliphatic heterocycles. The number of aliphatic hydroxyl groups excluding tert-OH is 1. The minimum absolute atomic E-state index is 0.0920. The zero-order valence-electron chi connectivity index (χ0n) is 13.3. The lowest BCUT2D eigenvalue weighted by molar-refractivity contribution is -0.0623. The summed E-state index contributed by atoms with van der Waals surface area (Å²) in [6, 6.07) is 11.4. The SMILES string of the molecule is [N-]=[N+]=N[C@@H]1CO[C@H](C(c2ccc(F)cc2)c2ccc(F)cc2)C[C@@H]1O. The molecule has 0 bridgehead atoms. The van der Waals surface area contributed by atoms with Gasteiger partial charge in [-0.1, -0.05) is 29.4 Å². The van der Waals surface area contributed by atoms with Crippen molar-refractivity contribution >= 4 is 0 Å². The Morgan fingerprint density at radius 3 is 2.00 bits per heavy atom. The molecule has 0 aromatic heterocycles. The summed E-state index contributed by atoms with van der Waals surface area (Å²) in [5.41, 5.74) is 10.1. The minimum Gasteiger partial charge on any atom is -0.393 e. The van der Waals surface area contributed by atoms with E-state index in [4.69, 9.17) is 10.3 Å². The third kappa shape index (κ3) is 3.96. The molecule has 1 N–H and O–H groups in total. The number of nitrogens with zero attached hydrogens (tertiary/aromatic N) is 3. The molecule has 3 atom stereocenters. The minimum atomic E-state index is -0.835. The van der Waals surface area contributed by atoms with Gasteiger partial charge in [0, 0.05) is 17.3 Å². The molecule has 5 nitrogen and oxygen atoms in total. The lowest BCUT2D eigenvalue weighted by atomic mass is 9.82. The van der Waals surface area contributed by atoms with Crippen molar-refractivity contribution in [1.29, 1.82) is 0 Å². The molecular formula is C18H17F2N3O2. The van der Waals surface area contributed by atoms with Crippen molar-refractivity contribution in [1.82, 2.24) is 0 Å². The first-order chi connectivity index (χ1) is 12.1. The topological polar surface area (TPSA) is 78.2 Å². The number of ether oxygens (including phenoxy) is 1. The van der Waals surface area contributed by atoms with Crippen LogP contribution in [-0.4, -0.2) is 30.0 Å². The number of benzene rings is 2. The Morgan fingerprint density at radius 2 is 1.56 bits per heavy atom. The number of halogens is 2. The number of aliphatic hydroxyl groups is 1. The van der Waals surface area contributed by atoms with Crippen LogP contribution in [0.4, 0.5) is 8.78 Å². The Kier molecular flexibility index (Phi) is 5.28. The molecule has 2 aromatic carbocycles. The second-order valence-electron chi connectivity index (χ2n) is 6.03. The zero-order chi connectivity index (χ0) is 17.8. The van der Waals surface area contributed by atoms with Gasteiger partial charge in [-0.25, -0.2) is 8.78 Å². The summed E-state index contributed by atoms with van der Waals surface area (Å²) >= 11 is 0. The van der Waals surface area contributed by atoms with Crippen molar-refractivity contribution in [3.63, 3.8) is 0 Å². The van der Waals surface area contributed by atoms with E-state index in [2.05, 4.69) is 10.0 Å². The maximum Gasteiger partial charge on any atom is 0.123 e. The fourth-order valence-electron chi connectivity index (χ4n) is 3.17. The van der Waals surface area contributed by atoms with Crippen LogP contribution in [0.1, 0.15) is 23.5 Å². The lowest BCUT2D eigenvalue weighted by Crippen LogP contribution is -2.42. The van der Waals surface area contributed by atoms with Gasteiger partial charge in [-0.3, -0.25) is 0 Å². The van der Waals surface area contributed by atoms with Gasteiger partial charge in [-0.05, 0) is 40.9 Å². The van der Waals surface area contributed by atoms with Gasteiger partial charge in [0.1, 0.15) is 11.6 Å². The van der Waals surface area contributed by atoms with Gasteiger partial charge in [0.15, 0.2) is 0 Å². The number of rotatable bonds is 4. The molecule has 0 radical (unpaired) electrons. The molecule has 0 amide bonds. The molecule has 3 rings (SSSR count). The summed E-state index contributed by atoms with van der Waals surface area (Å²) < 4.78 is 32.4. The van der Waals surface area contributed by atoms with Gasteiger partial charge in [0.25, 0.3) is 0 Å². The summed E-state index contributed by atoms with van der Waals surface area (Å²) in [6.45, 7) is 0.0920. The highest BCUT2D eigenvalue weighted by Gasteiger charge is 2.35. The van der Waals surface area contributed by atoms with E-state index in [0.717, 1.165) is 11.1 Å². The molecule has 1 saturated heterocycles. The molecule has 7 heteroatoms. The van der Waals surface area contributed by atoms with E-state index in [-0.39, 0.29) is 30.6 Å². The summed E-state index contributed by atoms with van der Waals surface area (Å²) in [5.74, 6) is -1.01. The molecule has 25 heavy (non-hydrogen) atoms. The number of azide groups is 1. The molecular weight excluding hydrogens is 328 g/mol. The molecule has 1 fully saturated rings. The van der Waals surface area contributed by atoms with E-state index in [9.17, 15) is 13.9 Å². The van der Waals surface area contributed by atoms with E-state index in [1.807, 2.05) is 0 Å². The predicted molar refractivity (Wildman–Crippen MR) is 87.9 cm³/mol. The van der Waals surface area contributed by atoms with Crippen molar-refractivity contribution in [2.24, 2.45) is 5.11 Å². The van der Waals surface area contributed by atoms with E-state index in [1.165, 1.54) is 24.3 Å². The highest BCUT2D eigenvalue weighted by atomic mass is 19.1. The molecule has 130 valence electrons. The van der Waals surface area contributed by atoms with Gasteiger partial charge in [-0.15, -0.1) is 0 Å². The maximum atomic E-state index is 13.3. The van der Waals surface area contributed by atoms with Crippen LogP contribution in [0.3, 0.4) is 0 Å². The second kappa shape index (κ2) is 7.61. The monoisotopic (exact) mass is 345 g/mol. The molecule has 0 aliphatic carbocycles. The van der Waals surface area contributed by atoms with E-state index in [0.29, 0.717) is 0 Å². The van der Waals surface area contributed by atoms with Crippen LogP contribution in [0.25, 0.3) is 10.4 Å². The van der Waals surface area contributed by atoms with Crippen LogP contribution in [-0.2, 0) is 4.74 Å². The second-order valence-corrected chi connectivity index (χ2v) is 6.03. The van der Waals surface area contributed by atoms with E-state index >= 15 is 0 Å². The number of hydrogen-bond acceptors (Lipinski definition) is 3. The summed E-state index contributed by atoms with van der Waals surface area (Å²) in [4.78, 5) is 2.72. The van der Waals surface area contributed by atoms with Crippen molar-refractivity contribution in [3.8, 4) is 0 Å². The zero-order valence-corrected chi connectivity index (χ0v) is 13.3. The van der Waals surface area contributed by atoms with Crippen molar-refractivity contribution in [3.05, 3.63) is 81.7 Å². The molecule has 1 heterocycles. The van der Waals surface area contributed by atoms with Crippen molar-refractivity contribution in [2.75, 3.05) is 6.61 Å². The highest BCUT2D eigenvalue weighted by Crippen LogP contribution is 2.35. The van der Waals surface area contributed by atoms with Gasteiger partial charge < -0.3 is 9.84 Å². The quantitative estimate of drug-likeness (QED) is 0.518. The van der Waals surface area contributed by atoms with E-state index < -0.39 is 18.2 Å². The molecule has 0 unspecified atom stereocenters. The van der Waals surface area contributed by atoms with Crippen LogP contribution in [0, 0.1) is 11.6 Å². The fourth-order valence-corrected chi connectivity index (χ4v) is 3.17. The van der Waals surface area contributed by atoms with Gasteiger partial charge in [0.2, 0.25) is 0 Å². The average molecular weight is 345 g/mol. The highest BCUT2D eigenvalue weighted by molar-refractivity contribution is 5.34. The van der Waals surface area contributed by atoms with Crippen molar-refractivity contribution in [2.45, 2.75) is 30.6 Å². The van der Waals surface area contributed by atoms with Crippen LogP contribution in [0.2, 0.25) is 0 Å². The van der Waals surface area contributed by atoms with Gasteiger partial charge >= 0.3 is 0 Å². The van der Waals surface area contributed by atoms with Crippen LogP contribution < -0.4 is 0 Å². The fraction of sp³-hybridized carbons (Fsp3) is 0.333. The Bertz CT molecular complexity index is 715. The van der Waals surface area contributed by atoms with Gasteiger partial charge in [-0.2, -0.15) is 0 Å². The number of hydrogen-bond donors (Lipinski definition) is 1. The summed E-state index contributed by atoms with van der Waals surface area (Å²) in [6.07, 6.45) is -0.988. The lowest BCUT2D eigenvalue weighted by Gasteiger charge is -2.36. The maximum absolute atomic E-state index is 13.3. The van der Waals surface area contributed by atoms with Crippen LogP contribution in [0.5, 0.6) is 0 Å². The Balaban J connectivity index is 1.93. The Hall–Kier alpha value is -2.47.